The van der Waals surface area contributed by atoms with Crippen LogP contribution < -0.4 is 10.6 Å². The molecule has 4 rings (SSSR count). The smallest absolute Gasteiger partial charge is 0.251 e. The van der Waals surface area contributed by atoms with Crippen LogP contribution >= 0.6 is 11.3 Å². The molecule has 1 aromatic heterocycles. The first-order chi connectivity index (χ1) is 12.8. The van der Waals surface area contributed by atoms with E-state index in [1.165, 1.54) is 11.3 Å². The Hall–Kier alpha value is -3.18. The van der Waals surface area contributed by atoms with Crippen LogP contribution in [0.25, 0.3) is 10.2 Å². The second kappa shape index (κ2) is 7.37. The molecular formula is C21H17N3OS. The van der Waals surface area contributed by atoms with Gasteiger partial charge in [0.2, 0.25) is 0 Å². The summed E-state index contributed by atoms with van der Waals surface area (Å²) in [6, 6.07) is 25.4. The molecule has 0 bridgehead atoms. The minimum atomic E-state index is -0.0817. The molecule has 1 heterocycles. The monoisotopic (exact) mass is 359 g/mol. The van der Waals surface area contributed by atoms with E-state index in [4.69, 9.17) is 0 Å². The van der Waals surface area contributed by atoms with Crippen LogP contribution in [0.2, 0.25) is 0 Å². The molecule has 0 radical (unpaired) electrons. The number of fused-ring (bicyclic) bond motifs is 1. The van der Waals surface area contributed by atoms with Gasteiger partial charge in [-0.15, -0.1) is 0 Å². The summed E-state index contributed by atoms with van der Waals surface area (Å²) in [5, 5.41) is 7.06. The quantitative estimate of drug-likeness (QED) is 0.529. The summed E-state index contributed by atoms with van der Waals surface area (Å²) >= 11 is 1.54. The van der Waals surface area contributed by atoms with E-state index in [1.807, 2.05) is 78.9 Å². The Morgan fingerprint density at radius 2 is 1.65 bits per heavy atom. The van der Waals surface area contributed by atoms with Crippen molar-refractivity contribution < 1.29 is 4.79 Å². The lowest BCUT2D eigenvalue weighted by atomic mass is 10.2. The molecule has 0 aliphatic rings. The first-order valence-electron chi connectivity index (χ1n) is 8.33. The van der Waals surface area contributed by atoms with E-state index in [9.17, 15) is 4.79 Å². The van der Waals surface area contributed by atoms with Gasteiger partial charge in [0.1, 0.15) is 0 Å². The lowest BCUT2D eigenvalue weighted by Crippen LogP contribution is -2.22. The number of para-hydroxylation sites is 1. The lowest BCUT2D eigenvalue weighted by Gasteiger charge is -2.05. The fraction of sp³-hybridized carbons (Fsp3) is 0.0476. The van der Waals surface area contributed by atoms with Gasteiger partial charge in [0.25, 0.3) is 5.91 Å². The predicted molar refractivity (Wildman–Crippen MR) is 107 cm³/mol. The molecule has 26 heavy (non-hydrogen) atoms. The Morgan fingerprint density at radius 3 is 2.42 bits per heavy atom. The SMILES string of the molecule is O=C(NCc1ccccc1)c1ccc2nc(Nc3ccccc3)sc2c1. The number of nitrogens with one attached hydrogen (secondary N) is 2. The molecule has 0 unspecified atom stereocenters. The van der Waals surface area contributed by atoms with E-state index in [-0.39, 0.29) is 5.91 Å². The van der Waals surface area contributed by atoms with Gasteiger partial charge in [0.15, 0.2) is 5.13 Å². The predicted octanol–water partition coefficient (Wildman–Crippen LogP) is 4.97. The van der Waals surface area contributed by atoms with E-state index in [1.54, 1.807) is 0 Å². The molecule has 5 heteroatoms. The van der Waals surface area contributed by atoms with Gasteiger partial charge in [-0.3, -0.25) is 4.79 Å². The molecule has 0 saturated carbocycles. The molecule has 0 aliphatic heterocycles. The zero-order valence-corrected chi connectivity index (χ0v) is 14.8. The van der Waals surface area contributed by atoms with E-state index in [0.29, 0.717) is 12.1 Å². The fourth-order valence-corrected chi connectivity index (χ4v) is 3.57. The molecular weight excluding hydrogens is 342 g/mol. The van der Waals surface area contributed by atoms with Gasteiger partial charge in [-0.2, -0.15) is 0 Å². The number of benzene rings is 3. The minimum Gasteiger partial charge on any atom is -0.348 e. The largest absolute Gasteiger partial charge is 0.348 e. The average Bonchev–Trinajstić information content (AvgIpc) is 3.09. The van der Waals surface area contributed by atoms with Gasteiger partial charge in [0.05, 0.1) is 10.2 Å². The number of rotatable bonds is 5. The van der Waals surface area contributed by atoms with Crippen LogP contribution in [0.5, 0.6) is 0 Å². The molecule has 3 aromatic carbocycles. The number of carbonyl (C=O) groups excluding carboxylic acids is 1. The fourth-order valence-electron chi connectivity index (χ4n) is 2.64. The van der Waals surface area contributed by atoms with Crippen LogP contribution in [0, 0.1) is 0 Å². The summed E-state index contributed by atoms with van der Waals surface area (Å²) in [5.74, 6) is -0.0817. The first kappa shape index (κ1) is 16.3. The van der Waals surface area contributed by atoms with E-state index in [2.05, 4.69) is 15.6 Å². The van der Waals surface area contributed by atoms with Crippen molar-refractivity contribution in [3.63, 3.8) is 0 Å². The number of anilines is 2. The van der Waals surface area contributed by atoms with Crippen molar-refractivity contribution >= 4 is 38.3 Å². The number of carbonyl (C=O) groups is 1. The average molecular weight is 359 g/mol. The highest BCUT2D eigenvalue weighted by Crippen LogP contribution is 2.29. The molecule has 1 amide bonds. The molecule has 2 N–H and O–H groups in total. The maximum absolute atomic E-state index is 12.4. The second-order valence-corrected chi connectivity index (χ2v) is 6.89. The third-order valence-electron chi connectivity index (χ3n) is 3.97. The summed E-state index contributed by atoms with van der Waals surface area (Å²) in [5.41, 5.74) is 3.60. The second-order valence-electron chi connectivity index (χ2n) is 5.86. The van der Waals surface area contributed by atoms with E-state index >= 15 is 0 Å². The maximum Gasteiger partial charge on any atom is 0.251 e. The molecule has 4 aromatic rings. The number of nitrogens with zero attached hydrogens (tertiary/aromatic N) is 1. The number of hydrogen-bond donors (Lipinski definition) is 2. The number of thiazole rings is 1. The summed E-state index contributed by atoms with van der Waals surface area (Å²) in [4.78, 5) is 17.0. The van der Waals surface area contributed by atoms with E-state index < -0.39 is 0 Å². The molecule has 0 saturated heterocycles. The van der Waals surface area contributed by atoms with Crippen molar-refractivity contribution in [1.82, 2.24) is 10.3 Å². The normalized spacial score (nSPS) is 10.6. The van der Waals surface area contributed by atoms with Gasteiger partial charge >= 0.3 is 0 Å². The van der Waals surface area contributed by atoms with Gasteiger partial charge in [-0.1, -0.05) is 59.9 Å². The van der Waals surface area contributed by atoms with Crippen LogP contribution in [0.3, 0.4) is 0 Å². The third-order valence-corrected chi connectivity index (χ3v) is 4.91. The first-order valence-corrected chi connectivity index (χ1v) is 9.14. The van der Waals surface area contributed by atoms with Crippen LogP contribution in [0.4, 0.5) is 10.8 Å². The highest BCUT2D eigenvalue weighted by Gasteiger charge is 2.10. The van der Waals surface area contributed by atoms with Crippen LogP contribution in [0.1, 0.15) is 15.9 Å². The Bertz CT molecular complexity index is 1030. The van der Waals surface area contributed by atoms with Crippen molar-refractivity contribution in [2.24, 2.45) is 0 Å². The van der Waals surface area contributed by atoms with Gasteiger partial charge in [0, 0.05) is 17.8 Å². The summed E-state index contributed by atoms with van der Waals surface area (Å²) < 4.78 is 0.982. The van der Waals surface area contributed by atoms with Crippen molar-refractivity contribution in [3.8, 4) is 0 Å². The highest BCUT2D eigenvalue weighted by molar-refractivity contribution is 7.22. The molecule has 0 fully saturated rings. The minimum absolute atomic E-state index is 0.0817. The maximum atomic E-state index is 12.4. The van der Waals surface area contributed by atoms with Crippen molar-refractivity contribution in [1.29, 1.82) is 0 Å². The Kier molecular flexibility index (Phi) is 4.62. The molecule has 0 spiro atoms. The van der Waals surface area contributed by atoms with Crippen LogP contribution in [0.15, 0.2) is 78.9 Å². The van der Waals surface area contributed by atoms with E-state index in [0.717, 1.165) is 26.6 Å². The number of amides is 1. The Morgan fingerprint density at radius 1 is 0.923 bits per heavy atom. The van der Waals surface area contributed by atoms with Gasteiger partial charge in [-0.25, -0.2) is 4.98 Å². The zero-order valence-electron chi connectivity index (χ0n) is 14.0. The standard InChI is InChI=1S/C21H17N3OS/c25-20(22-14-15-7-3-1-4-8-15)16-11-12-18-19(13-16)26-21(24-18)23-17-9-5-2-6-10-17/h1-13H,14H2,(H,22,25)(H,23,24). The van der Waals surface area contributed by atoms with Crippen molar-refractivity contribution in [2.75, 3.05) is 5.32 Å². The zero-order chi connectivity index (χ0) is 17.8. The summed E-state index contributed by atoms with van der Waals surface area (Å²) in [6.07, 6.45) is 0. The number of aromatic nitrogens is 1. The molecule has 0 atom stereocenters. The Balaban J connectivity index is 1.49. The third kappa shape index (κ3) is 3.73. The van der Waals surface area contributed by atoms with Crippen LogP contribution in [-0.4, -0.2) is 10.9 Å². The van der Waals surface area contributed by atoms with Crippen LogP contribution in [-0.2, 0) is 6.54 Å². The van der Waals surface area contributed by atoms with Gasteiger partial charge < -0.3 is 10.6 Å². The summed E-state index contributed by atoms with van der Waals surface area (Å²) in [6.45, 7) is 0.515. The lowest BCUT2D eigenvalue weighted by molar-refractivity contribution is 0.0951. The topological polar surface area (TPSA) is 54.0 Å². The molecule has 128 valence electrons. The van der Waals surface area contributed by atoms with Crippen molar-refractivity contribution in [2.45, 2.75) is 6.54 Å². The molecule has 0 aliphatic carbocycles. The van der Waals surface area contributed by atoms with Gasteiger partial charge in [-0.05, 0) is 35.9 Å². The molecule has 4 nitrogen and oxygen atoms in total. The van der Waals surface area contributed by atoms with Crippen molar-refractivity contribution in [3.05, 3.63) is 90.0 Å². The number of hydrogen-bond acceptors (Lipinski definition) is 4. The Labute approximate surface area is 155 Å². The summed E-state index contributed by atoms with van der Waals surface area (Å²) in [7, 11) is 0. The highest BCUT2D eigenvalue weighted by atomic mass is 32.1.